The summed E-state index contributed by atoms with van der Waals surface area (Å²) in [6, 6.07) is 0.00521. The second-order valence-electron chi connectivity index (χ2n) is 7.07. The molecular weight excluding hydrogens is 252 g/mol. The summed E-state index contributed by atoms with van der Waals surface area (Å²) in [7, 11) is 1.73. The average Bonchev–Trinajstić information content (AvgIpc) is 2.66. The summed E-state index contributed by atoms with van der Waals surface area (Å²) in [6.07, 6.45) is 3.10. The minimum absolute atomic E-state index is 0.00521. The van der Waals surface area contributed by atoms with Gasteiger partial charge in [-0.15, -0.1) is 0 Å². The Bertz CT molecular complexity index is 316. The molecule has 1 heterocycles. The van der Waals surface area contributed by atoms with E-state index in [2.05, 4.69) is 44.8 Å². The minimum atomic E-state index is 0.00521. The molecule has 0 saturated carbocycles. The first-order chi connectivity index (χ1) is 9.32. The lowest BCUT2D eigenvalue weighted by atomic mass is 9.88. The van der Waals surface area contributed by atoms with Gasteiger partial charge in [0, 0.05) is 20.3 Å². The molecule has 1 fully saturated rings. The molecule has 1 saturated heterocycles. The maximum atomic E-state index is 12.6. The third-order valence-corrected chi connectivity index (χ3v) is 4.08. The molecule has 1 amide bonds. The van der Waals surface area contributed by atoms with Gasteiger partial charge in [-0.1, -0.05) is 41.0 Å². The summed E-state index contributed by atoms with van der Waals surface area (Å²) in [4.78, 5) is 14.7. The lowest BCUT2D eigenvalue weighted by Gasteiger charge is -2.35. The van der Waals surface area contributed by atoms with Gasteiger partial charge in [0.1, 0.15) is 0 Å². The maximum absolute atomic E-state index is 12.6. The lowest BCUT2D eigenvalue weighted by molar-refractivity contribution is -0.132. The van der Waals surface area contributed by atoms with Gasteiger partial charge >= 0.3 is 0 Å². The number of hydrogen-bond donors (Lipinski definition) is 1. The third kappa shape index (κ3) is 4.45. The molecule has 0 aromatic heterocycles. The summed E-state index contributed by atoms with van der Waals surface area (Å²) in [5.74, 6) is 0.704. The van der Waals surface area contributed by atoms with Gasteiger partial charge in [-0.05, 0) is 24.2 Å². The first kappa shape index (κ1) is 17.4. The smallest absolute Gasteiger partial charge is 0.241 e. The zero-order chi connectivity index (χ0) is 15.3. The summed E-state index contributed by atoms with van der Waals surface area (Å²) in [6.45, 7) is 12.4. The molecule has 0 bridgehead atoms. The molecule has 0 spiro atoms. The van der Waals surface area contributed by atoms with E-state index in [0.717, 1.165) is 32.4 Å². The Balaban J connectivity index is 2.75. The second-order valence-corrected chi connectivity index (χ2v) is 7.07. The highest BCUT2D eigenvalue weighted by molar-refractivity contribution is 5.84. The molecule has 20 heavy (non-hydrogen) atoms. The first-order valence-corrected chi connectivity index (χ1v) is 7.88. The van der Waals surface area contributed by atoms with Gasteiger partial charge < -0.3 is 9.64 Å². The van der Waals surface area contributed by atoms with Crippen LogP contribution in [-0.4, -0.2) is 43.3 Å². The molecule has 2 unspecified atom stereocenters. The molecule has 2 atom stereocenters. The number of ether oxygens (including phenoxy) is 1. The van der Waals surface area contributed by atoms with E-state index in [4.69, 9.17) is 4.74 Å². The number of amides is 1. The summed E-state index contributed by atoms with van der Waals surface area (Å²) in [5, 5.41) is 3.51. The van der Waals surface area contributed by atoms with Crippen molar-refractivity contribution in [2.75, 3.05) is 20.3 Å². The van der Waals surface area contributed by atoms with E-state index in [0.29, 0.717) is 5.92 Å². The fourth-order valence-electron chi connectivity index (χ4n) is 2.85. The number of hydrogen-bond acceptors (Lipinski definition) is 3. The number of methoxy groups -OCH3 is 1. The zero-order valence-electron chi connectivity index (χ0n) is 14.0. The SMILES string of the molecule is CCCC1NC(C(C)C)N(CC(C)(C)CCOC)C1=O. The molecule has 0 aromatic carbocycles. The second kappa shape index (κ2) is 7.41. The standard InChI is InChI=1S/C16H32N2O2/c1-7-8-13-15(19)18(14(17-13)12(2)3)11-16(4,5)9-10-20-6/h12-14,17H,7-11H2,1-6H3. The molecule has 1 aliphatic rings. The normalized spacial score (nSPS) is 23.9. The van der Waals surface area contributed by atoms with Gasteiger partial charge in [-0.25, -0.2) is 0 Å². The van der Waals surface area contributed by atoms with Gasteiger partial charge in [-0.3, -0.25) is 10.1 Å². The molecule has 4 heteroatoms. The van der Waals surface area contributed by atoms with Crippen LogP contribution in [0.15, 0.2) is 0 Å². The fraction of sp³-hybridized carbons (Fsp3) is 0.938. The predicted molar refractivity (Wildman–Crippen MR) is 82.4 cm³/mol. The van der Waals surface area contributed by atoms with Crippen molar-refractivity contribution in [1.29, 1.82) is 0 Å². The maximum Gasteiger partial charge on any atom is 0.241 e. The number of carbonyl (C=O) groups is 1. The molecule has 1 rings (SSSR count). The summed E-state index contributed by atoms with van der Waals surface area (Å²) >= 11 is 0. The van der Waals surface area contributed by atoms with Crippen LogP contribution in [0.2, 0.25) is 0 Å². The van der Waals surface area contributed by atoms with Crippen LogP contribution < -0.4 is 5.32 Å². The predicted octanol–water partition coefficient (Wildman–Crippen LogP) is 2.63. The zero-order valence-corrected chi connectivity index (χ0v) is 14.0. The number of nitrogens with one attached hydrogen (secondary N) is 1. The van der Waals surface area contributed by atoms with Crippen LogP contribution in [0, 0.1) is 11.3 Å². The Hall–Kier alpha value is -0.610. The van der Waals surface area contributed by atoms with E-state index in [-0.39, 0.29) is 23.5 Å². The van der Waals surface area contributed by atoms with Crippen molar-refractivity contribution in [3.05, 3.63) is 0 Å². The van der Waals surface area contributed by atoms with E-state index >= 15 is 0 Å². The van der Waals surface area contributed by atoms with Crippen LogP contribution in [0.5, 0.6) is 0 Å². The van der Waals surface area contributed by atoms with Crippen molar-refractivity contribution in [2.24, 2.45) is 11.3 Å². The average molecular weight is 284 g/mol. The number of nitrogens with zero attached hydrogens (tertiary/aromatic N) is 1. The quantitative estimate of drug-likeness (QED) is 0.745. The minimum Gasteiger partial charge on any atom is -0.385 e. The van der Waals surface area contributed by atoms with Crippen molar-refractivity contribution in [2.45, 2.75) is 66.1 Å². The van der Waals surface area contributed by atoms with Crippen LogP contribution in [0.4, 0.5) is 0 Å². The third-order valence-electron chi connectivity index (χ3n) is 4.08. The Morgan fingerprint density at radius 3 is 2.55 bits per heavy atom. The van der Waals surface area contributed by atoms with E-state index in [1.165, 1.54) is 0 Å². The molecule has 0 radical (unpaired) electrons. The van der Waals surface area contributed by atoms with Gasteiger partial charge in [0.15, 0.2) is 0 Å². The van der Waals surface area contributed by atoms with Crippen molar-refractivity contribution in [3.8, 4) is 0 Å². The highest BCUT2D eigenvalue weighted by Gasteiger charge is 2.41. The topological polar surface area (TPSA) is 41.6 Å². The summed E-state index contributed by atoms with van der Waals surface area (Å²) < 4.78 is 5.18. The van der Waals surface area contributed by atoms with Crippen LogP contribution >= 0.6 is 0 Å². The Morgan fingerprint density at radius 2 is 2.05 bits per heavy atom. The van der Waals surface area contributed by atoms with Crippen LogP contribution in [0.25, 0.3) is 0 Å². The van der Waals surface area contributed by atoms with Crippen molar-refractivity contribution in [1.82, 2.24) is 10.2 Å². The van der Waals surface area contributed by atoms with Gasteiger partial charge in [0.05, 0.1) is 12.2 Å². The Labute approximate surface area is 124 Å². The first-order valence-electron chi connectivity index (χ1n) is 7.88. The number of rotatable bonds is 8. The largest absolute Gasteiger partial charge is 0.385 e. The van der Waals surface area contributed by atoms with E-state index in [1.54, 1.807) is 7.11 Å². The van der Waals surface area contributed by atoms with Crippen molar-refractivity contribution >= 4 is 5.91 Å². The van der Waals surface area contributed by atoms with Crippen LogP contribution in [-0.2, 0) is 9.53 Å². The molecular formula is C16H32N2O2. The Morgan fingerprint density at radius 1 is 1.40 bits per heavy atom. The molecule has 0 aliphatic carbocycles. The van der Waals surface area contributed by atoms with Crippen LogP contribution in [0.3, 0.4) is 0 Å². The molecule has 4 nitrogen and oxygen atoms in total. The van der Waals surface area contributed by atoms with E-state index in [1.807, 2.05) is 0 Å². The van der Waals surface area contributed by atoms with Gasteiger partial charge in [-0.2, -0.15) is 0 Å². The van der Waals surface area contributed by atoms with Gasteiger partial charge in [0.2, 0.25) is 5.91 Å². The molecule has 1 aliphatic heterocycles. The summed E-state index contributed by atoms with van der Waals surface area (Å²) in [5.41, 5.74) is 0.0849. The Kier molecular flexibility index (Phi) is 6.46. The highest BCUT2D eigenvalue weighted by atomic mass is 16.5. The van der Waals surface area contributed by atoms with Crippen LogP contribution in [0.1, 0.15) is 53.9 Å². The van der Waals surface area contributed by atoms with E-state index in [9.17, 15) is 4.79 Å². The lowest BCUT2D eigenvalue weighted by Crippen LogP contribution is -2.46. The fourth-order valence-corrected chi connectivity index (χ4v) is 2.85. The van der Waals surface area contributed by atoms with Gasteiger partial charge in [0.25, 0.3) is 0 Å². The highest BCUT2D eigenvalue weighted by Crippen LogP contribution is 2.28. The van der Waals surface area contributed by atoms with Crippen molar-refractivity contribution in [3.63, 3.8) is 0 Å². The molecule has 1 N–H and O–H groups in total. The van der Waals surface area contributed by atoms with E-state index < -0.39 is 0 Å². The molecule has 118 valence electrons. The van der Waals surface area contributed by atoms with Crippen molar-refractivity contribution < 1.29 is 9.53 Å². The number of carbonyl (C=O) groups excluding carboxylic acids is 1. The molecule has 0 aromatic rings. The monoisotopic (exact) mass is 284 g/mol.